The summed E-state index contributed by atoms with van der Waals surface area (Å²) in [6.07, 6.45) is -4.65. The SMILES string of the molecule is Cc1cccc(NC(=O)c2cc3ccc(O)cc3oc2=Nc2ccccc2C(F)(F)F)n1. The van der Waals surface area contributed by atoms with Crippen LogP contribution in [0.5, 0.6) is 5.75 Å². The van der Waals surface area contributed by atoms with Gasteiger partial charge in [-0.1, -0.05) is 18.2 Å². The summed E-state index contributed by atoms with van der Waals surface area (Å²) in [7, 11) is 0. The number of aryl methyl sites for hydroxylation is 1. The summed E-state index contributed by atoms with van der Waals surface area (Å²) in [6.45, 7) is 1.75. The van der Waals surface area contributed by atoms with Crippen LogP contribution in [0.2, 0.25) is 0 Å². The molecule has 0 aliphatic rings. The van der Waals surface area contributed by atoms with Crippen molar-refractivity contribution in [2.75, 3.05) is 5.32 Å². The lowest BCUT2D eigenvalue weighted by molar-refractivity contribution is -0.137. The van der Waals surface area contributed by atoms with Gasteiger partial charge in [0.15, 0.2) is 0 Å². The summed E-state index contributed by atoms with van der Waals surface area (Å²) in [4.78, 5) is 21.2. The average molecular weight is 439 g/mol. The van der Waals surface area contributed by atoms with Crippen LogP contribution in [-0.4, -0.2) is 16.0 Å². The molecule has 9 heteroatoms. The highest BCUT2D eigenvalue weighted by atomic mass is 19.4. The molecule has 0 bridgehead atoms. The lowest BCUT2D eigenvalue weighted by atomic mass is 10.1. The predicted octanol–water partition coefficient (Wildman–Crippen LogP) is 5.35. The number of phenolic OH excluding ortho intramolecular Hbond substituents is 1. The van der Waals surface area contributed by atoms with Gasteiger partial charge in [0.1, 0.15) is 22.7 Å². The van der Waals surface area contributed by atoms with Crippen molar-refractivity contribution < 1.29 is 27.5 Å². The van der Waals surface area contributed by atoms with Crippen molar-refractivity contribution in [3.8, 4) is 5.75 Å². The molecule has 2 aromatic carbocycles. The van der Waals surface area contributed by atoms with E-state index in [0.717, 1.165) is 6.07 Å². The van der Waals surface area contributed by atoms with Crippen molar-refractivity contribution in [1.82, 2.24) is 4.98 Å². The molecule has 0 aliphatic carbocycles. The number of pyridine rings is 1. The molecule has 1 amide bonds. The molecule has 0 unspecified atom stereocenters. The molecule has 2 aromatic heterocycles. The van der Waals surface area contributed by atoms with Crippen LogP contribution >= 0.6 is 0 Å². The van der Waals surface area contributed by atoms with Gasteiger partial charge in [-0.15, -0.1) is 0 Å². The normalized spacial score (nSPS) is 12.2. The summed E-state index contributed by atoms with van der Waals surface area (Å²) in [5.74, 6) is -0.503. The van der Waals surface area contributed by atoms with Crippen LogP contribution < -0.4 is 10.9 Å². The van der Waals surface area contributed by atoms with Gasteiger partial charge in [-0.05, 0) is 49.4 Å². The third-order valence-electron chi connectivity index (χ3n) is 4.54. The number of hydrogen-bond acceptors (Lipinski definition) is 5. The lowest BCUT2D eigenvalue weighted by Gasteiger charge is -2.10. The standard InChI is InChI=1S/C23H16F3N3O3/c1-13-5-4-8-20(27-13)29-21(31)16-11-14-9-10-15(30)12-19(14)32-22(16)28-18-7-3-2-6-17(18)23(24,25)26/h2-12,30H,1H3,(H,27,29,31). The van der Waals surface area contributed by atoms with Crippen LogP contribution in [0.25, 0.3) is 11.0 Å². The highest BCUT2D eigenvalue weighted by Gasteiger charge is 2.33. The van der Waals surface area contributed by atoms with Gasteiger partial charge in [0, 0.05) is 17.1 Å². The Balaban J connectivity index is 1.91. The number of nitrogens with one attached hydrogen (secondary N) is 1. The van der Waals surface area contributed by atoms with E-state index in [1.807, 2.05) is 0 Å². The van der Waals surface area contributed by atoms with Crippen molar-refractivity contribution in [3.05, 3.63) is 89.1 Å². The number of alkyl halides is 3. The Labute approximate surface area is 179 Å². The smallest absolute Gasteiger partial charge is 0.418 e. The van der Waals surface area contributed by atoms with Gasteiger partial charge >= 0.3 is 6.18 Å². The Kier molecular flexibility index (Phi) is 5.40. The van der Waals surface area contributed by atoms with Gasteiger partial charge < -0.3 is 14.8 Å². The van der Waals surface area contributed by atoms with Crippen LogP contribution in [0.4, 0.5) is 24.7 Å². The highest BCUT2D eigenvalue weighted by molar-refractivity contribution is 6.05. The molecular formula is C23H16F3N3O3. The predicted molar refractivity (Wildman–Crippen MR) is 111 cm³/mol. The summed E-state index contributed by atoms with van der Waals surface area (Å²) in [6, 6.07) is 15.4. The number of hydrogen-bond donors (Lipinski definition) is 2. The van der Waals surface area contributed by atoms with E-state index in [1.54, 1.807) is 25.1 Å². The van der Waals surface area contributed by atoms with Gasteiger partial charge in [0.05, 0.1) is 11.3 Å². The van der Waals surface area contributed by atoms with Crippen molar-refractivity contribution in [3.63, 3.8) is 0 Å². The fourth-order valence-electron chi connectivity index (χ4n) is 3.07. The molecule has 4 rings (SSSR count). The third kappa shape index (κ3) is 4.46. The first-order valence-corrected chi connectivity index (χ1v) is 9.43. The molecule has 0 radical (unpaired) electrons. The number of carbonyl (C=O) groups is 1. The van der Waals surface area contributed by atoms with E-state index in [9.17, 15) is 23.1 Å². The number of anilines is 1. The monoisotopic (exact) mass is 439 g/mol. The zero-order valence-electron chi connectivity index (χ0n) is 16.6. The fourth-order valence-corrected chi connectivity index (χ4v) is 3.07. The number of rotatable bonds is 3. The van der Waals surface area contributed by atoms with Gasteiger partial charge in [0.2, 0.25) is 5.55 Å². The number of halogens is 3. The molecule has 0 fully saturated rings. The fraction of sp³-hybridized carbons (Fsp3) is 0.0870. The van der Waals surface area contributed by atoms with E-state index in [1.165, 1.54) is 42.5 Å². The molecular weight excluding hydrogens is 423 g/mol. The molecule has 2 heterocycles. The Hall–Kier alpha value is -4.14. The van der Waals surface area contributed by atoms with Crippen molar-refractivity contribution >= 4 is 28.4 Å². The lowest BCUT2D eigenvalue weighted by Crippen LogP contribution is -2.22. The molecule has 0 aliphatic heterocycles. The molecule has 0 saturated heterocycles. The molecule has 2 N–H and O–H groups in total. The van der Waals surface area contributed by atoms with E-state index < -0.39 is 23.3 Å². The van der Waals surface area contributed by atoms with Gasteiger partial charge in [-0.25, -0.2) is 9.98 Å². The number of benzene rings is 2. The number of aromatic hydroxyl groups is 1. The molecule has 162 valence electrons. The molecule has 4 aromatic rings. The van der Waals surface area contributed by atoms with E-state index in [-0.39, 0.29) is 28.3 Å². The van der Waals surface area contributed by atoms with E-state index in [4.69, 9.17) is 4.42 Å². The molecule has 6 nitrogen and oxygen atoms in total. The minimum absolute atomic E-state index is 0.0940. The maximum atomic E-state index is 13.4. The zero-order valence-corrected chi connectivity index (χ0v) is 16.6. The van der Waals surface area contributed by atoms with E-state index in [2.05, 4.69) is 15.3 Å². The van der Waals surface area contributed by atoms with Crippen LogP contribution in [0.3, 0.4) is 0 Å². The summed E-state index contributed by atoms with van der Waals surface area (Å²) in [5, 5.41) is 12.8. The quantitative estimate of drug-likeness (QED) is 0.451. The largest absolute Gasteiger partial charge is 0.508 e. The number of carbonyl (C=O) groups excluding carboxylic acids is 1. The van der Waals surface area contributed by atoms with Crippen LogP contribution in [0, 0.1) is 6.92 Å². The third-order valence-corrected chi connectivity index (χ3v) is 4.54. The number of fused-ring (bicyclic) bond motifs is 1. The van der Waals surface area contributed by atoms with Crippen LogP contribution in [0.15, 0.2) is 76.1 Å². The zero-order chi connectivity index (χ0) is 22.9. The Bertz CT molecular complexity index is 1390. The van der Waals surface area contributed by atoms with E-state index >= 15 is 0 Å². The topological polar surface area (TPSA) is 87.7 Å². The first-order chi connectivity index (χ1) is 15.2. The summed E-state index contributed by atoms with van der Waals surface area (Å²) in [5.41, 5.74) is -0.999. The number of para-hydroxylation sites is 1. The minimum Gasteiger partial charge on any atom is -0.508 e. The minimum atomic E-state index is -4.65. The molecule has 32 heavy (non-hydrogen) atoms. The van der Waals surface area contributed by atoms with Crippen molar-refractivity contribution in [2.24, 2.45) is 4.99 Å². The maximum absolute atomic E-state index is 13.4. The van der Waals surface area contributed by atoms with E-state index in [0.29, 0.717) is 11.1 Å². The Morgan fingerprint density at radius 3 is 2.59 bits per heavy atom. The second-order valence-corrected chi connectivity index (χ2v) is 6.93. The highest BCUT2D eigenvalue weighted by Crippen LogP contribution is 2.35. The van der Waals surface area contributed by atoms with Crippen molar-refractivity contribution in [1.29, 1.82) is 0 Å². The summed E-state index contributed by atoms with van der Waals surface area (Å²) < 4.78 is 45.9. The van der Waals surface area contributed by atoms with Crippen molar-refractivity contribution in [2.45, 2.75) is 13.1 Å². The Morgan fingerprint density at radius 2 is 1.84 bits per heavy atom. The van der Waals surface area contributed by atoms with Gasteiger partial charge in [-0.2, -0.15) is 13.2 Å². The van der Waals surface area contributed by atoms with Gasteiger partial charge in [0.25, 0.3) is 5.91 Å². The van der Waals surface area contributed by atoms with Gasteiger partial charge in [-0.3, -0.25) is 4.79 Å². The second-order valence-electron chi connectivity index (χ2n) is 6.93. The molecule has 0 spiro atoms. The first-order valence-electron chi connectivity index (χ1n) is 9.43. The average Bonchev–Trinajstić information content (AvgIpc) is 2.73. The second kappa shape index (κ2) is 8.18. The number of amides is 1. The Morgan fingerprint density at radius 1 is 1.06 bits per heavy atom. The maximum Gasteiger partial charge on any atom is 0.418 e. The van der Waals surface area contributed by atoms with Crippen LogP contribution in [-0.2, 0) is 6.18 Å². The van der Waals surface area contributed by atoms with Crippen LogP contribution in [0.1, 0.15) is 21.6 Å². The molecule has 0 atom stereocenters. The molecule has 0 saturated carbocycles. The number of phenols is 1. The number of aromatic nitrogens is 1. The number of nitrogens with zero attached hydrogens (tertiary/aromatic N) is 2. The first kappa shape index (κ1) is 21.1. The summed E-state index contributed by atoms with van der Waals surface area (Å²) >= 11 is 0.